The first-order valence-corrected chi connectivity index (χ1v) is 9.64. The van der Waals surface area contributed by atoms with Crippen LogP contribution in [0.5, 0.6) is 0 Å². The third-order valence-corrected chi connectivity index (χ3v) is 6.10. The van der Waals surface area contributed by atoms with Crippen molar-refractivity contribution in [3.05, 3.63) is 35.0 Å². The fourth-order valence-electron chi connectivity index (χ4n) is 4.31. The number of rotatable bonds is 4. The number of para-hydroxylation sites is 1. The highest BCUT2D eigenvalue weighted by molar-refractivity contribution is 6.07. The number of H-pyrrole nitrogens is 1. The van der Waals surface area contributed by atoms with Gasteiger partial charge in [0.2, 0.25) is 0 Å². The van der Waals surface area contributed by atoms with Gasteiger partial charge in [0, 0.05) is 23.7 Å². The molecule has 1 amide bonds. The molecule has 5 rings (SSSR count). The molecule has 2 saturated carbocycles. The molecule has 1 N–H and O–H groups in total. The molecule has 0 bridgehead atoms. The van der Waals surface area contributed by atoms with E-state index in [9.17, 15) is 4.79 Å². The Morgan fingerprint density at radius 1 is 1.21 bits per heavy atom. The first-order valence-electron chi connectivity index (χ1n) is 9.64. The van der Waals surface area contributed by atoms with E-state index in [0.717, 1.165) is 42.3 Å². The molecule has 2 aromatic rings. The van der Waals surface area contributed by atoms with Gasteiger partial charge < -0.3 is 9.88 Å². The number of aromatic nitrogens is 1. The van der Waals surface area contributed by atoms with Crippen LogP contribution in [-0.4, -0.2) is 28.4 Å². The van der Waals surface area contributed by atoms with Crippen LogP contribution in [-0.2, 0) is 12.8 Å². The molecule has 0 saturated heterocycles. The minimum absolute atomic E-state index is 0.252. The van der Waals surface area contributed by atoms with E-state index in [0.29, 0.717) is 6.04 Å². The third-order valence-electron chi connectivity index (χ3n) is 6.10. The lowest BCUT2D eigenvalue weighted by Gasteiger charge is -2.22. The van der Waals surface area contributed by atoms with E-state index in [1.165, 1.54) is 48.7 Å². The largest absolute Gasteiger partial charge is 0.358 e. The molecule has 3 aliphatic rings. The Morgan fingerprint density at radius 2 is 2.04 bits per heavy atom. The van der Waals surface area contributed by atoms with Crippen LogP contribution in [0, 0.1) is 11.8 Å². The Kier molecular flexibility index (Phi) is 3.26. The van der Waals surface area contributed by atoms with Crippen molar-refractivity contribution in [1.29, 1.82) is 0 Å². The van der Waals surface area contributed by atoms with E-state index in [2.05, 4.69) is 28.9 Å². The fraction of sp³-hybridized carbons (Fsp3) is 0.571. The van der Waals surface area contributed by atoms with Crippen molar-refractivity contribution < 1.29 is 4.79 Å². The number of carbonyl (C=O) groups is 1. The van der Waals surface area contributed by atoms with E-state index < -0.39 is 0 Å². The maximum absolute atomic E-state index is 13.3. The zero-order chi connectivity index (χ0) is 16.3. The van der Waals surface area contributed by atoms with Crippen LogP contribution in [0.4, 0.5) is 0 Å². The molecule has 0 aliphatic heterocycles. The van der Waals surface area contributed by atoms with E-state index in [1.54, 1.807) is 0 Å². The summed E-state index contributed by atoms with van der Waals surface area (Å²) in [6.07, 6.45) is 8.48. The number of benzene rings is 1. The average molecular weight is 322 g/mol. The zero-order valence-corrected chi connectivity index (χ0v) is 14.5. The Bertz CT molecular complexity index is 798. The van der Waals surface area contributed by atoms with E-state index >= 15 is 0 Å². The maximum atomic E-state index is 13.3. The monoisotopic (exact) mass is 322 g/mol. The average Bonchev–Trinajstić information content (AvgIpc) is 3.49. The summed E-state index contributed by atoms with van der Waals surface area (Å²) in [5.74, 6) is 1.75. The van der Waals surface area contributed by atoms with Gasteiger partial charge in [-0.3, -0.25) is 4.79 Å². The van der Waals surface area contributed by atoms with Crippen molar-refractivity contribution in [2.45, 2.75) is 57.9 Å². The molecule has 1 aromatic heterocycles. The van der Waals surface area contributed by atoms with E-state index in [-0.39, 0.29) is 5.91 Å². The standard InChI is InChI=1S/C21H26N2O/c1-13-5-10-19-18(11-13)16-3-2-4-17(20(16)22-19)21(24)23(15-8-9-15)12-14-6-7-14/h2-4,13-15,22H,5-12H2,1H3. The quantitative estimate of drug-likeness (QED) is 0.895. The van der Waals surface area contributed by atoms with Crippen molar-refractivity contribution >= 4 is 16.8 Å². The lowest BCUT2D eigenvalue weighted by molar-refractivity contribution is 0.0736. The highest BCUT2D eigenvalue weighted by Crippen LogP contribution is 2.37. The molecule has 0 spiro atoms. The van der Waals surface area contributed by atoms with Crippen LogP contribution < -0.4 is 0 Å². The first kappa shape index (κ1) is 14.6. The molecule has 126 valence electrons. The molecule has 0 radical (unpaired) electrons. The topological polar surface area (TPSA) is 36.1 Å². The molecule has 2 fully saturated rings. The number of aromatic amines is 1. The molecule has 3 aliphatic carbocycles. The van der Waals surface area contributed by atoms with E-state index in [1.807, 2.05) is 6.07 Å². The number of amides is 1. The predicted octanol–water partition coefficient (Wildman–Crippen LogP) is 4.31. The smallest absolute Gasteiger partial charge is 0.256 e. The molecular formula is C21H26N2O. The zero-order valence-electron chi connectivity index (χ0n) is 14.5. The summed E-state index contributed by atoms with van der Waals surface area (Å²) in [5.41, 5.74) is 4.80. The van der Waals surface area contributed by atoms with Crippen LogP contribution in [0.1, 0.15) is 60.6 Å². The number of aryl methyl sites for hydroxylation is 1. The molecule has 24 heavy (non-hydrogen) atoms. The number of hydrogen-bond acceptors (Lipinski definition) is 1. The number of fused-ring (bicyclic) bond motifs is 3. The second-order valence-electron chi connectivity index (χ2n) is 8.29. The van der Waals surface area contributed by atoms with Crippen LogP contribution in [0.3, 0.4) is 0 Å². The predicted molar refractivity (Wildman–Crippen MR) is 96.3 cm³/mol. The Labute approximate surface area is 143 Å². The van der Waals surface area contributed by atoms with Gasteiger partial charge in [0.1, 0.15) is 0 Å². The molecule has 1 unspecified atom stereocenters. The third kappa shape index (κ3) is 2.45. The van der Waals surface area contributed by atoms with Crippen molar-refractivity contribution in [3.63, 3.8) is 0 Å². The highest BCUT2D eigenvalue weighted by atomic mass is 16.2. The summed E-state index contributed by atoms with van der Waals surface area (Å²) in [7, 11) is 0. The summed E-state index contributed by atoms with van der Waals surface area (Å²) >= 11 is 0. The molecule has 1 atom stereocenters. The first-order chi connectivity index (χ1) is 11.7. The van der Waals surface area contributed by atoms with Crippen LogP contribution in [0.15, 0.2) is 18.2 Å². The van der Waals surface area contributed by atoms with Crippen molar-refractivity contribution in [1.82, 2.24) is 9.88 Å². The summed E-state index contributed by atoms with van der Waals surface area (Å²) in [6, 6.07) is 6.80. The SMILES string of the molecule is CC1CCc2[nH]c3c(C(=O)N(CC4CC4)C4CC4)cccc3c2C1. The van der Waals surface area contributed by atoms with Gasteiger partial charge in [0.25, 0.3) is 5.91 Å². The van der Waals surface area contributed by atoms with Crippen molar-refractivity contribution in [3.8, 4) is 0 Å². The second-order valence-corrected chi connectivity index (χ2v) is 8.29. The second kappa shape index (κ2) is 5.37. The number of hydrogen-bond donors (Lipinski definition) is 1. The minimum atomic E-state index is 0.252. The van der Waals surface area contributed by atoms with Crippen LogP contribution in [0.25, 0.3) is 10.9 Å². The fourth-order valence-corrected chi connectivity index (χ4v) is 4.31. The normalized spacial score (nSPS) is 23.3. The lowest BCUT2D eigenvalue weighted by Crippen LogP contribution is -2.35. The van der Waals surface area contributed by atoms with Crippen LogP contribution in [0.2, 0.25) is 0 Å². The summed E-state index contributed by atoms with van der Waals surface area (Å²) in [4.78, 5) is 19.1. The van der Waals surface area contributed by atoms with E-state index in [4.69, 9.17) is 0 Å². The Balaban J connectivity index is 1.55. The Morgan fingerprint density at radius 3 is 2.79 bits per heavy atom. The van der Waals surface area contributed by atoms with Gasteiger partial charge >= 0.3 is 0 Å². The number of carbonyl (C=O) groups excluding carboxylic acids is 1. The van der Waals surface area contributed by atoms with Crippen molar-refractivity contribution in [2.75, 3.05) is 6.54 Å². The van der Waals surface area contributed by atoms with Crippen LogP contribution >= 0.6 is 0 Å². The highest BCUT2D eigenvalue weighted by Gasteiger charge is 2.37. The van der Waals surface area contributed by atoms with Gasteiger partial charge in [0.05, 0.1) is 11.1 Å². The Hall–Kier alpha value is -1.77. The van der Waals surface area contributed by atoms with Gasteiger partial charge in [-0.15, -0.1) is 0 Å². The summed E-state index contributed by atoms with van der Waals surface area (Å²) in [5, 5.41) is 1.28. The lowest BCUT2D eigenvalue weighted by atomic mass is 9.87. The molecule has 3 nitrogen and oxygen atoms in total. The van der Waals surface area contributed by atoms with Crippen molar-refractivity contribution in [2.24, 2.45) is 11.8 Å². The van der Waals surface area contributed by atoms with Gasteiger partial charge in [-0.1, -0.05) is 19.1 Å². The molecular weight excluding hydrogens is 296 g/mol. The summed E-state index contributed by atoms with van der Waals surface area (Å²) in [6.45, 7) is 3.30. The van der Waals surface area contributed by atoms with Gasteiger partial charge in [-0.25, -0.2) is 0 Å². The summed E-state index contributed by atoms with van der Waals surface area (Å²) < 4.78 is 0. The van der Waals surface area contributed by atoms with Gasteiger partial charge in [0.15, 0.2) is 0 Å². The van der Waals surface area contributed by atoms with Gasteiger partial charge in [-0.2, -0.15) is 0 Å². The minimum Gasteiger partial charge on any atom is -0.358 e. The maximum Gasteiger partial charge on any atom is 0.256 e. The molecule has 1 heterocycles. The molecule has 3 heteroatoms. The number of nitrogens with zero attached hydrogens (tertiary/aromatic N) is 1. The van der Waals surface area contributed by atoms with Gasteiger partial charge in [-0.05, 0) is 68.4 Å². The number of nitrogens with one attached hydrogen (secondary N) is 1. The molecule has 1 aromatic carbocycles.